The molecular weight excluding hydrogens is 244 g/mol. The first-order valence-corrected chi connectivity index (χ1v) is 6.84. The molecule has 0 radical (unpaired) electrons. The first kappa shape index (κ1) is 14.0. The third-order valence-electron chi connectivity index (χ3n) is 4.21. The van der Waals surface area contributed by atoms with Gasteiger partial charge in [0.1, 0.15) is 0 Å². The van der Waals surface area contributed by atoms with Crippen molar-refractivity contribution in [1.82, 2.24) is 0 Å². The molecule has 2 fully saturated rings. The topological polar surface area (TPSA) is 26.0 Å². The van der Waals surface area contributed by atoms with E-state index in [1.54, 1.807) is 0 Å². The van der Waals surface area contributed by atoms with Gasteiger partial charge >= 0.3 is 0 Å². The lowest BCUT2D eigenvalue weighted by Gasteiger charge is -2.20. The summed E-state index contributed by atoms with van der Waals surface area (Å²) in [5, 5.41) is 0. The van der Waals surface area contributed by atoms with Gasteiger partial charge in [-0.25, -0.2) is 8.78 Å². The summed E-state index contributed by atoms with van der Waals surface area (Å²) in [5.41, 5.74) is 6.92. The van der Waals surface area contributed by atoms with E-state index >= 15 is 0 Å². The Balaban J connectivity index is 0.000000141. The maximum absolute atomic E-state index is 12.4. The molecule has 2 saturated carbocycles. The van der Waals surface area contributed by atoms with Crippen LogP contribution in [0.3, 0.4) is 0 Å². The fourth-order valence-electron chi connectivity index (χ4n) is 2.80. The highest BCUT2D eigenvalue weighted by Crippen LogP contribution is 2.52. The molecule has 19 heavy (non-hydrogen) atoms. The molecule has 3 rings (SSSR count). The molecule has 3 atom stereocenters. The van der Waals surface area contributed by atoms with Crippen molar-refractivity contribution in [2.75, 3.05) is 0 Å². The largest absolute Gasteiger partial charge is 0.402 e. The average molecular weight is 265 g/mol. The average Bonchev–Trinajstić information content (AvgIpc) is 3.14. The van der Waals surface area contributed by atoms with Crippen LogP contribution in [-0.4, -0.2) is 0 Å². The van der Waals surface area contributed by atoms with Crippen LogP contribution in [0.5, 0.6) is 0 Å². The van der Waals surface area contributed by atoms with Crippen LogP contribution in [0.4, 0.5) is 8.78 Å². The molecule has 1 aromatic rings. The SMILES string of the molecule is C=C(N)C1CCC2CC2C1.Cc1cccc(F)c1F. The van der Waals surface area contributed by atoms with E-state index in [1.807, 2.05) is 0 Å². The minimum Gasteiger partial charge on any atom is -0.402 e. The van der Waals surface area contributed by atoms with Gasteiger partial charge in [-0.15, -0.1) is 0 Å². The van der Waals surface area contributed by atoms with Crippen molar-refractivity contribution in [3.63, 3.8) is 0 Å². The second kappa shape index (κ2) is 5.72. The zero-order chi connectivity index (χ0) is 14.0. The van der Waals surface area contributed by atoms with Crippen LogP contribution in [0.1, 0.15) is 31.2 Å². The fourth-order valence-corrected chi connectivity index (χ4v) is 2.80. The standard InChI is InChI=1S/C9H15N.C7H6F2/c1-6(10)7-2-3-8-5-9(8)4-7;1-5-3-2-4-6(8)7(5)9/h7-9H,1-5,10H2;2-4H,1H3. The normalized spacial score (nSPS) is 27.8. The van der Waals surface area contributed by atoms with Crippen LogP contribution in [0.25, 0.3) is 0 Å². The lowest BCUT2D eigenvalue weighted by atomic mass is 9.88. The van der Waals surface area contributed by atoms with Gasteiger partial charge in [0.15, 0.2) is 11.6 Å². The van der Waals surface area contributed by atoms with E-state index in [-0.39, 0.29) is 0 Å². The Labute approximate surface area is 113 Å². The maximum atomic E-state index is 12.4. The zero-order valence-corrected chi connectivity index (χ0v) is 11.3. The molecule has 0 amide bonds. The second-order valence-corrected chi connectivity index (χ2v) is 5.71. The van der Waals surface area contributed by atoms with E-state index in [4.69, 9.17) is 5.73 Å². The maximum Gasteiger partial charge on any atom is 0.161 e. The Hall–Kier alpha value is -1.38. The number of benzene rings is 1. The van der Waals surface area contributed by atoms with E-state index in [0.717, 1.165) is 23.6 Å². The van der Waals surface area contributed by atoms with Crippen LogP contribution in [0, 0.1) is 36.3 Å². The van der Waals surface area contributed by atoms with Gasteiger partial charge in [-0.05, 0) is 62.0 Å². The molecule has 1 aromatic carbocycles. The van der Waals surface area contributed by atoms with E-state index in [0.29, 0.717) is 11.5 Å². The minimum absolute atomic E-state index is 0.343. The number of hydrogen-bond donors (Lipinski definition) is 1. The van der Waals surface area contributed by atoms with Crippen LogP contribution in [0.2, 0.25) is 0 Å². The van der Waals surface area contributed by atoms with Gasteiger partial charge in [0.25, 0.3) is 0 Å². The lowest BCUT2D eigenvalue weighted by Crippen LogP contribution is -2.15. The molecule has 0 aromatic heterocycles. The van der Waals surface area contributed by atoms with Gasteiger partial charge in [0.05, 0.1) is 0 Å². The smallest absolute Gasteiger partial charge is 0.161 e. The molecule has 3 unspecified atom stereocenters. The predicted octanol–water partition coefficient (Wildman–Crippen LogP) is 4.17. The second-order valence-electron chi connectivity index (χ2n) is 5.71. The zero-order valence-electron chi connectivity index (χ0n) is 11.3. The molecule has 0 aliphatic heterocycles. The van der Waals surface area contributed by atoms with Crippen LogP contribution in [0.15, 0.2) is 30.5 Å². The van der Waals surface area contributed by atoms with Crippen LogP contribution >= 0.6 is 0 Å². The van der Waals surface area contributed by atoms with Gasteiger partial charge in [0.2, 0.25) is 0 Å². The number of allylic oxidation sites excluding steroid dienone is 1. The van der Waals surface area contributed by atoms with E-state index < -0.39 is 11.6 Å². The number of hydrogen-bond acceptors (Lipinski definition) is 1. The summed E-state index contributed by atoms with van der Waals surface area (Å²) < 4.78 is 24.6. The molecule has 3 heteroatoms. The lowest BCUT2D eigenvalue weighted by molar-refractivity contribution is 0.383. The Morgan fingerprint density at radius 1 is 1.21 bits per heavy atom. The molecule has 0 spiro atoms. The number of rotatable bonds is 1. The summed E-state index contributed by atoms with van der Waals surface area (Å²) in [6.07, 6.45) is 5.52. The first-order chi connectivity index (χ1) is 8.99. The monoisotopic (exact) mass is 265 g/mol. The molecule has 2 aliphatic carbocycles. The summed E-state index contributed by atoms with van der Waals surface area (Å²) in [4.78, 5) is 0. The molecule has 0 heterocycles. The summed E-state index contributed by atoms with van der Waals surface area (Å²) in [5.74, 6) is 1.23. The van der Waals surface area contributed by atoms with Crippen molar-refractivity contribution in [2.45, 2.75) is 32.6 Å². The third kappa shape index (κ3) is 3.55. The van der Waals surface area contributed by atoms with Crippen LogP contribution in [-0.2, 0) is 0 Å². The van der Waals surface area contributed by atoms with Crippen LogP contribution < -0.4 is 5.73 Å². The van der Waals surface area contributed by atoms with Crippen molar-refractivity contribution in [2.24, 2.45) is 23.5 Å². The molecule has 2 aliphatic rings. The van der Waals surface area contributed by atoms with E-state index in [1.165, 1.54) is 44.7 Å². The van der Waals surface area contributed by atoms with Crippen molar-refractivity contribution < 1.29 is 8.78 Å². The van der Waals surface area contributed by atoms with Gasteiger partial charge in [-0.2, -0.15) is 0 Å². The highest BCUT2D eigenvalue weighted by molar-refractivity contribution is 5.16. The number of aryl methyl sites for hydroxylation is 1. The summed E-state index contributed by atoms with van der Waals surface area (Å²) >= 11 is 0. The third-order valence-corrected chi connectivity index (χ3v) is 4.21. The summed E-state index contributed by atoms with van der Waals surface area (Å²) in [6.45, 7) is 5.34. The minimum atomic E-state index is -0.782. The fraction of sp³-hybridized carbons (Fsp3) is 0.500. The van der Waals surface area contributed by atoms with Gasteiger partial charge < -0.3 is 5.73 Å². The Morgan fingerprint density at radius 3 is 2.47 bits per heavy atom. The highest BCUT2D eigenvalue weighted by Gasteiger charge is 2.42. The summed E-state index contributed by atoms with van der Waals surface area (Å²) in [6, 6.07) is 4.11. The number of fused-ring (bicyclic) bond motifs is 1. The van der Waals surface area contributed by atoms with Crippen molar-refractivity contribution in [3.05, 3.63) is 47.7 Å². The molecule has 2 N–H and O–H groups in total. The Morgan fingerprint density at radius 2 is 1.95 bits per heavy atom. The highest BCUT2D eigenvalue weighted by atomic mass is 19.2. The quantitative estimate of drug-likeness (QED) is 0.810. The predicted molar refractivity (Wildman–Crippen MR) is 73.4 cm³/mol. The van der Waals surface area contributed by atoms with Crippen molar-refractivity contribution in [1.29, 1.82) is 0 Å². The van der Waals surface area contributed by atoms with E-state index in [2.05, 4.69) is 6.58 Å². The first-order valence-electron chi connectivity index (χ1n) is 6.84. The van der Waals surface area contributed by atoms with Crippen molar-refractivity contribution >= 4 is 0 Å². The molecular formula is C16H21F2N. The summed E-state index contributed by atoms with van der Waals surface area (Å²) in [7, 11) is 0. The molecule has 0 bridgehead atoms. The molecule has 104 valence electrons. The molecule has 0 saturated heterocycles. The Bertz CT molecular complexity index is 450. The molecule has 1 nitrogen and oxygen atoms in total. The number of halogens is 2. The van der Waals surface area contributed by atoms with Gasteiger partial charge in [-0.1, -0.05) is 18.7 Å². The Kier molecular flexibility index (Phi) is 4.23. The van der Waals surface area contributed by atoms with Gasteiger partial charge in [0, 0.05) is 5.70 Å². The van der Waals surface area contributed by atoms with Gasteiger partial charge in [-0.3, -0.25) is 0 Å². The number of nitrogens with two attached hydrogens (primary N) is 1. The van der Waals surface area contributed by atoms with E-state index in [9.17, 15) is 8.78 Å². The van der Waals surface area contributed by atoms with Crippen molar-refractivity contribution in [3.8, 4) is 0 Å².